The molecule has 0 aliphatic carbocycles. The summed E-state index contributed by atoms with van der Waals surface area (Å²) < 4.78 is 1.99. The molecule has 1 aliphatic heterocycles. The van der Waals surface area contributed by atoms with Crippen LogP contribution < -0.4 is 0 Å². The molecule has 0 amide bonds. The summed E-state index contributed by atoms with van der Waals surface area (Å²) in [5.74, 6) is 0. The number of rotatable bonds is 4. The Hall–Kier alpha value is -1.62. The van der Waals surface area contributed by atoms with Gasteiger partial charge in [-0.05, 0) is 32.4 Å². The van der Waals surface area contributed by atoms with E-state index in [-0.39, 0.29) is 0 Å². The Labute approximate surface area is 113 Å². The molecule has 102 valence electrons. The zero-order valence-corrected chi connectivity index (χ0v) is 11.4. The van der Waals surface area contributed by atoms with E-state index in [1.165, 1.54) is 30.5 Å². The maximum atomic E-state index is 4.36. The molecule has 3 heterocycles. The Kier molecular flexibility index (Phi) is 3.64. The molecule has 0 radical (unpaired) electrons. The van der Waals surface area contributed by atoms with Crippen molar-refractivity contribution < 1.29 is 0 Å². The third kappa shape index (κ3) is 2.71. The van der Waals surface area contributed by atoms with Crippen LogP contribution in [0.25, 0.3) is 0 Å². The van der Waals surface area contributed by atoms with Crippen molar-refractivity contribution >= 4 is 0 Å². The smallest absolute Gasteiger partial charge is 0.0534 e. The van der Waals surface area contributed by atoms with Gasteiger partial charge in [0.25, 0.3) is 0 Å². The Morgan fingerprint density at radius 2 is 2.37 bits per heavy atom. The quantitative estimate of drug-likeness (QED) is 0.917. The Morgan fingerprint density at radius 3 is 3.11 bits per heavy atom. The van der Waals surface area contributed by atoms with Crippen LogP contribution in [-0.4, -0.2) is 31.4 Å². The van der Waals surface area contributed by atoms with Crippen LogP contribution in [-0.2, 0) is 13.1 Å². The second-order valence-electron chi connectivity index (χ2n) is 5.20. The highest BCUT2D eigenvalue weighted by Crippen LogP contribution is 2.30. The van der Waals surface area contributed by atoms with E-state index in [1.807, 2.05) is 17.1 Å². The molecule has 1 fully saturated rings. The molecule has 0 aromatic carbocycles. The first-order valence-corrected chi connectivity index (χ1v) is 7.11. The van der Waals surface area contributed by atoms with Gasteiger partial charge in [-0.3, -0.25) is 14.7 Å². The number of hydrogen-bond acceptors (Lipinski definition) is 3. The van der Waals surface area contributed by atoms with Crippen LogP contribution in [0.1, 0.15) is 43.5 Å². The first-order valence-electron chi connectivity index (χ1n) is 7.11. The molecular formula is C14H21N5. The van der Waals surface area contributed by atoms with E-state index in [4.69, 9.17) is 0 Å². The van der Waals surface area contributed by atoms with Crippen LogP contribution in [0.3, 0.4) is 0 Å². The maximum Gasteiger partial charge on any atom is 0.0534 e. The van der Waals surface area contributed by atoms with E-state index in [0.717, 1.165) is 19.6 Å². The van der Waals surface area contributed by atoms with Gasteiger partial charge >= 0.3 is 0 Å². The fourth-order valence-electron chi connectivity index (χ4n) is 2.88. The maximum absolute atomic E-state index is 4.36. The summed E-state index contributed by atoms with van der Waals surface area (Å²) in [6.07, 6.45) is 9.78. The minimum Gasteiger partial charge on any atom is -0.290 e. The average Bonchev–Trinajstić information content (AvgIpc) is 3.10. The first kappa shape index (κ1) is 12.4. The lowest BCUT2D eigenvalue weighted by Gasteiger charge is -2.34. The van der Waals surface area contributed by atoms with Gasteiger partial charge in [0.15, 0.2) is 0 Å². The van der Waals surface area contributed by atoms with Crippen LogP contribution in [0, 0.1) is 0 Å². The number of aromatic nitrogens is 4. The van der Waals surface area contributed by atoms with Crippen molar-refractivity contribution in [2.24, 2.45) is 0 Å². The zero-order valence-electron chi connectivity index (χ0n) is 11.4. The van der Waals surface area contributed by atoms with Crippen LogP contribution in [0.4, 0.5) is 0 Å². The zero-order chi connectivity index (χ0) is 13.1. The van der Waals surface area contributed by atoms with Crippen molar-refractivity contribution in [1.29, 1.82) is 0 Å². The van der Waals surface area contributed by atoms with Gasteiger partial charge in [0.2, 0.25) is 0 Å². The van der Waals surface area contributed by atoms with E-state index >= 15 is 0 Å². The highest BCUT2D eigenvalue weighted by molar-refractivity contribution is 5.09. The van der Waals surface area contributed by atoms with Gasteiger partial charge in [0.05, 0.1) is 17.9 Å². The molecule has 1 saturated heterocycles. The lowest BCUT2D eigenvalue weighted by Crippen LogP contribution is -2.33. The molecule has 19 heavy (non-hydrogen) atoms. The van der Waals surface area contributed by atoms with E-state index in [0.29, 0.717) is 6.04 Å². The normalized spacial score (nSPS) is 20.8. The van der Waals surface area contributed by atoms with Gasteiger partial charge in [-0.15, -0.1) is 0 Å². The molecule has 3 rings (SSSR count). The number of H-pyrrole nitrogens is 1. The van der Waals surface area contributed by atoms with Gasteiger partial charge in [0.1, 0.15) is 0 Å². The fourth-order valence-corrected chi connectivity index (χ4v) is 2.88. The molecule has 5 heteroatoms. The highest BCUT2D eigenvalue weighted by Gasteiger charge is 2.25. The van der Waals surface area contributed by atoms with Crippen LogP contribution in [0.15, 0.2) is 24.7 Å². The lowest BCUT2D eigenvalue weighted by atomic mass is 9.99. The largest absolute Gasteiger partial charge is 0.290 e. The van der Waals surface area contributed by atoms with Crippen molar-refractivity contribution in [3.8, 4) is 0 Å². The topological polar surface area (TPSA) is 49.7 Å². The summed E-state index contributed by atoms with van der Waals surface area (Å²) in [7, 11) is 0. The van der Waals surface area contributed by atoms with Crippen molar-refractivity contribution in [2.75, 3.05) is 6.54 Å². The van der Waals surface area contributed by atoms with Gasteiger partial charge in [-0.1, -0.05) is 6.42 Å². The predicted octanol–water partition coefficient (Wildman–Crippen LogP) is 2.35. The number of likely N-dealkylation sites (tertiary alicyclic amines) is 1. The standard InChI is InChI=1S/C14H21N5/c1-2-19-11-12(9-16-19)10-18-8-4-3-5-14(18)13-6-7-15-17-13/h6-7,9,11,14H,2-5,8,10H2,1H3,(H,15,17)/t14-/m0/s1. The van der Waals surface area contributed by atoms with E-state index in [9.17, 15) is 0 Å². The minimum atomic E-state index is 0.473. The molecule has 0 unspecified atom stereocenters. The highest BCUT2D eigenvalue weighted by atomic mass is 15.3. The number of aromatic amines is 1. The SMILES string of the molecule is CCn1cc(CN2CCCC[C@H]2c2ccn[nH]2)cn1. The molecule has 5 nitrogen and oxygen atoms in total. The van der Waals surface area contributed by atoms with E-state index in [1.54, 1.807) is 0 Å². The summed E-state index contributed by atoms with van der Waals surface area (Å²) in [6, 6.07) is 2.57. The van der Waals surface area contributed by atoms with Crippen molar-refractivity contribution in [1.82, 2.24) is 24.9 Å². The molecule has 0 saturated carbocycles. The van der Waals surface area contributed by atoms with Gasteiger partial charge in [-0.2, -0.15) is 10.2 Å². The summed E-state index contributed by atoms with van der Waals surface area (Å²) in [6.45, 7) is 5.18. The first-order chi connectivity index (χ1) is 9.36. The number of nitrogens with one attached hydrogen (secondary N) is 1. The number of aryl methyl sites for hydroxylation is 1. The van der Waals surface area contributed by atoms with Gasteiger partial charge in [0, 0.05) is 31.0 Å². The number of piperidine rings is 1. The molecule has 2 aromatic heterocycles. The molecule has 0 bridgehead atoms. The Balaban J connectivity index is 1.73. The van der Waals surface area contributed by atoms with E-state index < -0.39 is 0 Å². The van der Waals surface area contributed by atoms with E-state index in [2.05, 4.69) is 39.4 Å². The number of hydrogen-bond donors (Lipinski definition) is 1. The molecule has 1 N–H and O–H groups in total. The molecule has 2 aromatic rings. The van der Waals surface area contributed by atoms with Gasteiger partial charge in [-0.25, -0.2) is 0 Å². The minimum absolute atomic E-state index is 0.473. The van der Waals surface area contributed by atoms with Crippen molar-refractivity contribution in [3.63, 3.8) is 0 Å². The molecular weight excluding hydrogens is 238 g/mol. The second-order valence-corrected chi connectivity index (χ2v) is 5.20. The summed E-state index contributed by atoms with van der Waals surface area (Å²) in [5, 5.41) is 11.6. The van der Waals surface area contributed by atoms with Crippen LogP contribution in [0.5, 0.6) is 0 Å². The van der Waals surface area contributed by atoms with Gasteiger partial charge < -0.3 is 0 Å². The second kappa shape index (κ2) is 5.57. The lowest BCUT2D eigenvalue weighted by molar-refractivity contribution is 0.137. The molecule has 1 atom stereocenters. The predicted molar refractivity (Wildman–Crippen MR) is 73.5 cm³/mol. The summed E-state index contributed by atoms with van der Waals surface area (Å²) in [4.78, 5) is 2.54. The van der Waals surface area contributed by atoms with Crippen molar-refractivity contribution in [3.05, 3.63) is 35.9 Å². The third-order valence-electron chi connectivity index (χ3n) is 3.89. The van der Waals surface area contributed by atoms with Crippen LogP contribution >= 0.6 is 0 Å². The number of nitrogens with zero attached hydrogens (tertiary/aromatic N) is 4. The third-order valence-corrected chi connectivity index (χ3v) is 3.89. The molecule has 1 aliphatic rings. The fraction of sp³-hybridized carbons (Fsp3) is 0.571. The van der Waals surface area contributed by atoms with Crippen molar-refractivity contribution in [2.45, 2.75) is 45.3 Å². The Bertz CT molecular complexity index is 502. The Morgan fingerprint density at radius 1 is 1.42 bits per heavy atom. The molecule has 0 spiro atoms. The average molecular weight is 259 g/mol. The summed E-state index contributed by atoms with van der Waals surface area (Å²) in [5.41, 5.74) is 2.54. The summed E-state index contributed by atoms with van der Waals surface area (Å²) >= 11 is 0. The van der Waals surface area contributed by atoms with Crippen LogP contribution in [0.2, 0.25) is 0 Å². The monoisotopic (exact) mass is 259 g/mol.